The van der Waals surface area contributed by atoms with Crippen LogP contribution in [0.3, 0.4) is 0 Å². The molecule has 0 bridgehead atoms. The Balaban J connectivity index is 0.00000312. The van der Waals surface area contributed by atoms with Gasteiger partial charge in [-0.3, -0.25) is 0 Å². The van der Waals surface area contributed by atoms with E-state index in [1.807, 2.05) is 12.1 Å². The van der Waals surface area contributed by atoms with Crippen LogP contribution in [-0.2, 0) is 21.2 Å². The third kappa shape index (κ3) is 6.53. The van der Waals surface area contributed by atoms with Gasteiger partial charge >= 0.3 is 0 Å². The van der Waals surface area contributed by atoms with Crippen molar-refractivity contribution in [3.8, 4) is 0 Å². The fourth-order valence-electron chi connectivity index (χ4n) is 3.24. The zero-order chi connectivity index (χ0) is 17.6. The lowest BCUT2D eigenvalue weighted by Crippen LogP contribution is -2.47. The Morgan fingerprint density at radius 2 is 1.80 bits per heavy atom. The molecule has 1 aromatic rings. The maximum atomic E-state index is 12.6. The molecule has 1 saturated heterocycles. The summed E-state index contributed by atoms with van der Waals surface area (Å²) in [5, 5.41) is 3.32. The SMILES string of the molecule is COCC1(CNS(=O)(=O)c2ccc(CC(C)C)cc2)CCNCC1.Cl. The van der Waals surface area contributed by atoms with Gasteiger partial charge in [0.1, 0.15) is 0 Å². The van der Waals surface area contributed by atoms with Gasteiger partial charge in [0.15, 0.2) is 0 Å². The maximum Gasteiger partial charge on any atom is 0.240 e. The predicted octanol–water partition coefficient (Wildman–Crippen LogP) is 2.60. The van der Waals surface area contributed by atoms with Crippen molar-refractivity contribution >= 4 is 22.4 Å². The summed E-state index contributed by atoms with van der Waals surface area (Å²) in [6.07, 6.45) is 2.78. The minimum absolute atomic E-state index is 0. The van der Waals surface area contributed by atoms with E-state index in [1.54, 1.807) is 19.2 Å². The molecule has 7 heteroatoms. The molecule has 0 unspecified atom stereocenters. The largest absolute Gasteiger partial charge is 0.384 e. The van der Waals surface area contributed by atoms with Crippen LogP contribution in [0.2, 0.25) is 0 Å². The summed E-state index contributed by atoms with van der Waals surface area (Å²) in [5.74, 6) is 0.555. The number of methoxy groups -OCH3 is 1. The molecule has 1 aromatic carbocycles. The molecule has 2 rings (SSSR count). The van der Waals surface area contributed by atoms with E-state index in [-0.39, 0.29) is 17.8 Å². The second-order valence-corrected chi connectivity index (χ2v) is 9.02. The molecule has 25 heavy (non-hydrogen) atoms. The van der Waals surface area contributed by atoms with Crippen molar-refractivity contribution in [2.75, 3.05) is 33.4 Å². The molecule has 0 atom stereocenters. The van der Waals surface area contributed by atoms with E-state index >= 15 is 0 Å². The highest BCUT2D eigenvalue weighted by molar-refractivity contribution is 7.89. The van der Waals surface area contributed by atoms with Gasteiger partial charge in [-0.25, -0.2) is 13.1 Å². The number of halogens is 1. The summed E-state index contributed by atoms with van der Waals surface area (Å²) in [6, 6.07) is 7.21. The van der Waals surface area contributed by atoms with E-state index in [9.17, 15) is 8.42 Å². The molecule has 2 N–H and O–H groups in total. The lowest BCUT2D eigenvalue weighted by Gasteiger charge is -2.37. The first-order chi connectivity index (χ1) is 11.4. The smallest absolute Gasteiger partial charge is 0.240 e. The van der Waals surface area contributed by atoms with Gasteiger partial charge in [0.25, 0.3) is 0 Å². The van der Waals surface area contributed by atoms with Gasteiger partial charge in [0.05, 0.1) is 11.5 Å². The molecule has 1 heterocycles. The number of rotatable bonds is 8. The third-order valence-electron chi connectivity index (χ3n) is 4.63. The summed E-state index contributed by atoms with van der Waals surface area (Å²) in [4.78, 5) is 0.330. The van der Waals surface area contributed by atoms with Crippen LogP contribution in [0.4, 0.5) is 0 Å². The summed E-state index contributed by atoms with van der Waals surface area (Å²) >= 11 is 0. The van der Waals surface area contributed by atoms with Crippen LogP contribution in [0.15, 0.2) is 29.2 Å². The van der Waals surface area contributed by atoms with Crippen LogP contribution in [0, 0.1) is 11.3 Å². The summed E-state index contributed by atoms with van der Waals surface area (Å²) in [5.41, 5.74) is 1.04. The molecule has 1 fully saturated rings. The fourth-order valence-corrected chi connectivity index (χ4v) is 4.40. The molecular formula is C18H31ClN2O3S. The normalized spacial score (nSPS) is 17.3. The van der Waals surface area contributed by atoms with Crippen molar-refractivity contribution in [2.45, 2.75) is 38.0 Å². The van der Waals surface area contributed by atoms with Gasteiger partial charge in [-0.1, -0.05) is 26.0 Å². The highest BCUT2D eigenvalue weighted by Gasteiger charge is 2.33. The average molecular weight is 391 g/mol. The molecule has 0 aliphatic carbocycles. The van der Waals surface area contributed by atoms with Crippen LogP contribution < -0.4 is 10.0 Å². The first-order valence-corrected chi connectivity index (χ1v) is 10.1. The first-order valence-electron chi connectivity index (χ1n) is 8.65. The lowest BCUT2D eigenvalue weighted by atomic mass is 9.80. The predicted molar refractivity (Wildman–Crippen MR) is 104 cm³/mol. The van der Waals surface area contributed by atoms with Crippen LogP contribution in [0.25, 0.3) is 0 Å². The molecule has 0 spiro atoms. The molecule has 0 aromatic heterocycles. The van der Waals surface area contributed by atoms with E-state index in [1.165, 1.54) is 0 Å². The van der Waals surface area contributed by atoms with Crippen LogP contribution in [0.1, 0.15) is 32.3 Å². The topological polar surface area (TPSA) is 67.4 Å². The quantitative estimate of drug-likeness (QED) is 0.716. The highest BCUT2D eigenvalue weighted by Crippen LogP contribution is 2.29. The maximum absolute atomic E-state index is 12.6. The molecule has 144 valence electrons. The van der Waals surface area contributed by atoms with Gasteiger partial charge < -0.3 is 10.1 Å². The second-order valence-electron chi connectivity index (χ2n) is 7.25. The molecular weight excluding hydrogens is 360 g/mol. The van der Waals surface area contributed by atoms with Crippen molar-refractivity contribution in [3.63, 3.8) is 0 Å². The van der Waals surface area contributed by atoms with Gasteiger partial charge in [-0.05, 0) is 56.0 Å². The Labute approximate surface area is 158 Å². The zero-order valence-corrected chi connectivity index (χ0v) is 17.0. The molecule has 1 aliphatic rings. The number of nitrogens with one attached hydrogen (secondary N) is 2. The first kappa shape index (κ1) is 22.4. The van der Waals surface area contributed by atoms with Gasteiger partial charge in [0.2, 0.25) is 10.0 Å². The van der Waals surface area contributed by atoms with E-state index in [0.29, 0.717) is 24.0 Å². The summed E-state index contributed by atoms with van der Waals surface area (Å²) in [7, 11) is -1.81. The van der Waals surface area contributed by atoms with Crippen molar-refractivity contribution in [3.05, 3.63) is 29.8 Å². The Morgan fingerprint density at radius 1 is 1.20 bits per heavy atom. The minimum Gasteiger partial charge on any atom is -0.384 e. The standard InChI is InChI=1S/C18H30N2O3S.ClH/c1-15(2)12-16-4-6-17(7-5-16)24(21,22)20-13-18(14-23-3)8-10-19-11-9-18;/h4-7,15,19-20H,8-14H2,1-3H3;1H. The summed E-state index contributed by atoms with van der Waals surface area (Å²) in [6.45, 7) is 7.09. The Hall–Kier alpha value is -0.660. The van der Waals surface area contributed by atoms with Gasteiger partial charge in [0, 0.05) is 19.1 Å². The number of sulfonamides is 1. The van der Waals surface area contributed by atoms with E-state index in [2.05, 4.69) is 23.9 Å². The lowest BCUT2D eigenvalue weighted by molar-refractivity contribution is 0.0577. The number of hydrogen-bond acceptors (Lipinski definition) is 4. The number of ether oxygens (including phenoxy) is 1. The monoisotopic (exact) mass is 390 g/mol. The number of hydrogen-bond donors (Lipinski definition) is 2. The molecule has 0 radical (unpaired) electrons. The van der Waals surface area contributed by atoms with Crippen molar-refractivity contribution in [2.24, 2.45) is 11.3 Å². The van der Waals surface area contributed by atoms with Crippen molar-refractivity contribution < 1.29 is 13.2 Å². The Morgan fingerprint density at radius 3 is 2.32 bits per heavy atom. The molecule has 5 nitrogen and oxygen atoms in total. The fraction of sp³-hybridized carbons (Fsp3) is 0.667. The second kappa shape index (κ2) is 9.88. The summed E-state index contributed by atoms with van der Waals surface area (Å²) < 4.78 is 33.3. The van der Waals surface area contributed by atoms with Gasteiger partial charge in [-0.15, -0.1) is 12.4 Å². The van der Waals surface area contributed by atoms with Crippen LogP contribution in [0.5, 0.6) is 0 Å². The van der Waals surface area contributed by atoms with E-state index in [4.69, 9.17) is 4.74 Å². The Kier molecular flexibility index (Phi) is 8.84. The minimum atomic E-state index is -3.49. The molecule has 0 saturated carbocycles. The van der Waals surface area contributed by atoms with Gasteiger partial charge in [-0.2, -0.15) is 0 Å². The number of piperidine rings is 1. The van der Waals surface area contributed by atoms with Crippen LogP contribution in [-0.4, -0.2) is 41.8 Å². The third-order valence-corrected chi connectivity index (χ3v) is 6.05. The number of benzene rings is 1. The highest BCUT2D eigenvalue weighted by atomic mass is 35.5. The van der Waals surface area contributed by atoms with E-state index < -0.39 is 10.0 Å². The molecule has 1 aliphatic heterocycles. The average Bonchev–Trinajstić information content (AvgIpc) is 2.54. The van der Waals surface area contributed by atoms with Crippen molar-refractivity contribution in [1.82, 2.24) is 10.0 Å². The zero-order valence-electron chi connectivity index (χ0n) is 15.4. The molecule has 0 amide bonds. The van der Waals surface area contributed by atoms with Crippen LogP contribution >= 0.6 is 12.4 Å². The van der Waals surface area contributed by atoms with E-state index in [0.717, 1.165) is 37.9 Å². The van der Waals surface area contributed by atoms with Crippen molar-refractivity contribution in [1.29, 1.82) is 0 Å². The Bertz CT molecular complexity index is 606.